The Balaban J connectivity index is 1.52. The summed E-state index contributed by atoms with van der Waals surface area (Å²) in [5, 5.41) is 26.3. The molecule has 0 aliphatic carbocycles. The predicted molar refractivity (Wildman–Crippen MR) is 112 cm³/mol. The fourth-order valence-corrected chi connectivity index (χ4v) is 4.09. The van der Waals surface area contributed by atoms with Crippen LogP contribution in [0.1, 0.15) is 24.3 Å². The van der Waals surface area contributed by atoms with Gasteiger partial charge in [-0.25, -0.2) is 0 Å². The van der Waals surface area contributed by atoms with Gasteiger partial charge in [0.05, 0.1) is 11.8 Å². The minimum atomic E-state index is -0.584. The molecule has 2 aromatic carbocycles. The quantitative estimate of drug-likeness (QED) is 0.666. The van der Waals surface area contributed by atoms with Crippen molar-refractivity contribution in [3.63, 3.8) is 0 Å². The van der Waals surface area contributed by atoms with E-state index in [0.717, 1.165) is 59.3 Å². The molecule has 1 saturated heterocycles. The van der Waals surface area contributed by atoms with Crippen molar-refractivity contribution in [3.05, 3.63) is 47.9 Å². The van der Waals surface area contributed by atoms with Crippen LogP contribution in [-0.2, 0) is 0 Å². The average Bonchev–Trinajstić information content (AvgIpc) is 3.05. The van der Waals surface area contributed by atoms with Crippen LogP contribution in [0.4, 0.5) is 0 Å². The van der Waals surface area contributed by atoms with Crippen LogP contribution in [0.5, 0.6) is 5.75 Å². The van der Waals surface area contributed by atoms with Gasteiger partial charge in [-0.3, -0.25) is 0 Å². The standard InChI is InChI=1S/C23H28N2O4/c1-15-23(16(2)29-24-15)22-12-20(11-17-5-3-4-6-21(17)22)28-14-19(27)13-25-9-7-18(26)8-10-25/h3-6,11-12,18-19,26-27H,7-10,13-14H2,1-2H3. The molecule has 0 radical (unpaired) electrons. The van der Waals surface area contributed by atoms with Gasteiger partial charge in [0, 0.05) is 25.2 Å². The average molecular weight is 396 g/mol. The Kier molecular flexibility index (Phi) is 5.85. The van der Waals surface area contributed by atoms with Crippen LogP contribution >= 0.6 is 0 Å². The lowest BCUT2D eigenvalue weighted by Gasteiger charge is -2.30. The molecule has 0 amide bonds. The third kappa shape index (κ3) is 4.45. The number of nitrogens with zero attached hydrogens (tertiary/aromatic N) is 2. The first kappa shape index (κ1) is 19.9. The van der Waals surface area contributed by atoms with Crippen LogP contribution in [0.3, 0.4) is 0 Å². The Morgan fingerprint density at radius 1 is 1.21 bits per heavy atom. The molecule has 6 nitrogen and oxygen atoms in total. The summed E-state index contributed by atoms with van der Waals surface area (Å²) in [5.41, 5.74) is 2.85. The van der Waals surface area contributed by atoms with Crippen LogP contribution in [0.2, 0.25) is 0 Å². The van der Waals surface area contributed by atoms with Crippen molar-refractivity contribution in [2.75, 3.05) is 26.2 Å². The summed E-state index contributed by atoms with van der Waals surface area (Å²) in [4.78, 5) is 2.18. The molecule has 0 spiro atoms. The van der Waals surface area contributed by atoms with E-state index in [1.54, 1.807) is 0 Å². The second kappa shape index (κ2) is 8.53. The number of ether oxygens (including phenoxy) is 1. The number of rotatable bonds is 6. The summed E-state index contributed by atoms with van der Waals surface area (Å²) in [7, 11) is 0. The van der Waals surface area contributed by atoms with E-state index in [2.05, 4.69) is 22.2 Å². The number of piperidine rings is 1. The van der Waals surface area contributed by atoms with Crippen LogP contribution in [-0.4, -0.2) is 58.7 Å². The van der Waals surface area contributed by atoms with Gasteiger partial charge in [-0.1, -0.05) is 29.4 Å². The smallest absolute Gasteiger partial charge is 0.141 e. The molecular weight excluding hydrogens is 368 g/mol. The Labute approximate surface area is 170 Å². The van der Waals surface area contributed by atoms with Gasteiger partial charge in [0.2, 0.25) is 0 Å². The number of aliphatic hydroxyl groups is 2. The molecule has 6 heteroatoms. The van der Waals surface area contributed by atoms with Gasteiger partial charge >= 0.3 is 0 Å². The molecule has 1 atom stereocenters. The lowest BCUT2D eigenvalue weighted by atomic mass is 9.97. The van der Waals surface area contributed by atoms with Crippen LogP contribution in [0.15, 0.2) is 40.9 Å². The highest BCUT2D eigenvalue weighted by Crippen LogP contribution is 2.36. The molecule has 154 valence electrons. The van der Waals surface area contributed by atoms with Gasteiger partial charge in [0.15, 0.2) is 0 Å². The highest BCUT2D eigenvalue weighted by molar-refractivity contribution is 5.98. The first-order valence-electron chi connectivity index (χ1n) is 10.2. The van der Waals surface area contributed by atoms with E-state index in [9.17, 15) is 10.2 Å². The zero-order chi connectivity index (χ0) is 20.4. The molecule has 0 bridgehead atoms. The summed E-state index contributed by atoms with van der Waals surface area (Å²) >= 11 is 0. The lowest BCUT2D eigenvalue weighted by Crippen LogP contribution is -2.41. The summed E-state index contributed by atoms with van der Waals surface area (Å²) in [5.74, 6) is 1.49. The lowest BCUT2D eigenvalue weighted by molar-refractivity contribution is 0.0338. The van der Waals surface area contributed by atoms with E-state index in [1.165, 1.54) is 0 Å². The van der Waals surface area contributed by atoms with Crippen molar-refractivity contribution in [2.24, 2.45) is 0 Å². The molecule has 1 fully saturated rings. The monoisotopic (exact) mass is 396 g/mol. The van der Waals surface area contributed by atoms with Crippen molar-refractivity contribution in [1.82, 2.24) is 10.1 Å². The number of aromatic nitrogens is 1. The van der Waals surface area contributed by atoms with Gasteiger partial charge in [-0.05, 0) is 55.2 Å². The topological polar surface area (TPSA) is 79.0 Å². The minimum Gasteiger partial charge on any atom is -0.491 e. The zero-order valence-corrected chi connectivity index (χ0v) is 17.0. The molecule has 29 heavy (non-hydrogen) atoms. The number of aryl methyl sites for hydroxylation is 2. The SMILES string of the molecule is Cc1noc(C)c1-c1cc(OCC(O)CN2CCC(O)CC2)cc2ccccc12. The maximum atomic E-state index is 10.4. The maximum absolute atomic E-state index is 10.4. The molecule has 2 N–H and O–H groups in total. The Morgan fingerprint density at radius 3 is 2.69 bits per heavy atom. The fourth-order valence-electron chi connectivity index (χ4n) is 4.09. The van der Waals surface area contributed by atoms with Gasteiger partial charge in [0.1, 0.15) is 24.2 Å². The number of benzene rings is 2. The molecule has 1 aliphatic heterocycles. The molecular formula is C23H28N2O4. The molecule has 1 unspecified atom stereocenters. The van der Waals surface area contributed by atoms with Crippen LogP contribution in [0.25, 0.3) is 21.9 Å². The molecule has 2 heterocycles. The number of hydrogen-bond donors (Lipinski definition) is 2. The van der Waals surface area contributed by atoms with Gasteiger partial charge < -0.3 is 24.4 Å². The Morgan fingerprint density at radius 2 is 1.97 bits per heavy atom. The molecule has 4 rings (SSSR count). The predicted octanol–water partition coefficient (Wildman–Crippen LogP) is 3.31. The number of likely N-dealkylation sites (tertiary alicyclic amines) is 1. The summed E-state index contributed by atoms with van der Waals surface area (Å²) in [6, 6.07) is 12.2. The summed E-state index contributed by atoms with van der Waals surface area (Å²) in [6.07, 6.45) is 0.733. The van der Waals surface area contributed by atoms with E-state index in [1.807, 2.05) is 38.1 Å². The minimum absolute atomic E-state index is 0.208. The fraction of sp³-hybridized carbons (Fsp3) is 0.435. The largest absolute Gasteiger partial charge is 0.491 e. The molecule has 1 aromatic heterocycles. The molecule has 1 aliphatic rings. The second-order valence-electron chi connectivity index (χ2n) is 7.89. The normalized spacial score (nSPS) is 17.0. The van der Waals surface area contributed by atoms with Crippen molar-refractivity contribution >= 4 is 10.8 Å². The van der Waals surface area contributed by atoms with E-state index in [0.29, 0.717) is 12.3 Å². The summed E-state index contributed by atoms with van der Waals surface area (Å²) < 4.78 is 11.4. The number of fused-ring (bicyclic) bond motifs is 1. The number of aliphatic hydroxyl groups excluding tert-OH is 2. The van der Waals surface area contributed by atoms with E-state index >= 15 is 0 Å². The second-order valence-corrected chi connectivity index (χ2v) is 7.89. The Hall–Kier alpha value is -2.41. The van der Waals surface area contributed by atoms with Gasteiger partial charge in [0.25, 0.3) is 0 Å². The van der Waals surface area contributed by atoms with Crippen molar-refractivity contribution in [1.29, 1.82) is 0 Å². The van der Waals surface area contributed by atoms with E-state index in [-0.39, 0.29) is 12.7 Å². The first-order valence-corrected chi connectivity index (χ1v) is 10.2. The van der Waals surface area contributed by atoms with E-state index < -0.39 is 6.10 Å². The highest BCUT2D eigenvalue weighted by Gasteiger charge is 2.20. The van der Waals surface area contributed by atoms with Crippen molar-refractivity contribution in [2.45, 2.75) is 38.9 Å². The molecule has 0 saturated carbocycles. The zero-order valence-electron chi connectivity index (χ0n) is 17.0. The third-order valence-corrected chi connectivity index (χ3v) is 5.61. The van der Waals surface area contributed by atoms with Gasteiger partial charge in [-0.2, -0.15) is 0 Å². The summed E-state index contributed by atoms with van der Waals surface area (Å²) in [6.45, 7) is 6.24. The molecule has 3 aromatic rings. The van der Waals surface area contributed by atoms with Crippen LogP contribution < -0.4 is 4.74 Å². The van der Waals surface area contributed by atoms with Crippen LogP contribution in [0, 0.1) is 13.8 Å². The number of hydrogen-bond acceptors (Lipinski definition) is 6. The van der Waals surface area contributed by atoms with Gasteiger partial charge in [-0.15, -0.1) is 0 Å². The van der Waals surface area contributed by atoms with Crippen molar-refractivity contribution in [3.8, 4) is 16.9 Å². The Bertz CT molecular complexity index is 957. The third-order valence-electron chi connectivity index (χ3n) is 5.61. The number of β-amino-alcohol motifs (C(OH)–C–C–N with tert-alkyl or cyclic N) is 1. The maximum Gasteiger partial charge on any atom is 0.141 e. The highest BCUT2D eigenvalue weighted by atomic mass is 16.5. The first-order chi connectivity index (χ1) is 14.0. The van der Waals surface area contributed by atoms with E-state index in [4.69, 9.17) is 9.26 Å². The van der Waals surface area contributed by atoms with Crippen molar-refractivity contribution < 1.29 is 19.5 Å².